The molecule has 1 aromatic carbocycles. The molecule has 0 unspecified atom stereocenters. The van der Waals surface area contributed by atoms with E-state index in [9.17, 15) is 4.79 Å². The minimum Gasteiger partial charge on any atom is -0.376 e. The van der Waals surface area contributed by atoms with Gasteiger partial charge >= 0.3 is 0 Å². The van der Waals surface area contributed by atoms with Crippen molar-refractivity contribution in [2.75, 3.05) is 13.2 Å². The first-order valence-corrected chi connectivity index (χ1v) is 7.24. The van der Waals surface area contributed by atoms with Crippen LogP contribution in [0.1, 0.15) is 18.4 Å². The van der Waals surface area contributed by atoms with Gasteiger partial charge in [0.15, 0.2) is 0 Å². The predicted molar refractivity (Wildman–Crippen MR) is 82.8 cm³/mol. The second-order valence-electron chi connectivity index (χ2n) is 5.14. The largest absolute Gasteiger partial charge is 0.376 e. The summed E-state index contributed by atoms with van der Waals surface area (Å²) in [6, 6.07) is 9.85. The van der Waals surface area contributed by atoms with Crippen LogP contribution in [0, 0.1) is 0 Å². The van der Waals surface area contributed by atoms with E-state index in [2.05, 4.69) is 10.3 Å². The zero-order valence-corrected chi connectivity index (χ0v) is 11.8. The molecule has 4 nitrogen and oxygen atoms in total. The molecule has 0 bridgehead atoms. The van der Waals surface area contributed by atoms with Crippen LogP contribution in [0.2, 0.25) is 0 Å². The molecule has 2 heterocycles. The number of aromatic nitrogens is 1. The van der Waals surface area contributed by atoms with Crippen LogP contribution < -0.4 is 5.32 Å². The second-order valence-corrected chi connectivity index (χ2v) is 5.14. The van der Waals surface area contributed by atoms with Gasteiger partial charge in [-0.1, -0.05) is 24.3 Å². The van der Waals surface area contributed by atoms with Crippen molar-refractivity contribution >= 4 is 22.9 Å². The highest BCUT2D eigenvalue weighted by molar-refractivity contribution is 5.95. The van der Waals surface area contributed by atoms with E-state index in [1.807, 2.05) is 30.3 Å². The summed E-state index contributed by atoms with van der Waals surface area (Å²) in [4.78, 5) is 16.2. The maximum atomic E-state index is 11.8. The van der Waals surface area contributed by atoms with Crippen molar-refractivity contribution in [3.8, 4) is 0 Å². The van der Waals surface area contributed by atoms with Crippen molar-refractivity contribution in [1.29, 1.82) is 0 Å². The summed E-state index contributed by atoms with van der Waals surface area (Å²) in [7, 11) is 0. The van der Waals surface area contributed by atoms with E-state index in [1.54, 1.807) is 18.3 Å². The fourth-order valence-corrected chi connectivity index (χ4v) is 2.51. The SMILES string of the molecule is O=C(/C=C/c1cccc2cccnc12)NC[C@@H]1CCCO1. The van der Waals surface area contributed by atoms with Gasteiger partial charge < -0.3 is 10.1 Å². The first-order chi connectivity index (χ1) is 10.3. The Labute approximate surface area is 123 Å². The number of para-hydroxylation sites is 1. The fourth-order valence-electron chi connectivity index (χ4n) is 2.51. The molecule has 0 spiro atoms. The number of hydrogen-bond donors (Lipinski definition) is 1. The van der Waals surface area contributed by atoms with Crippen molar-refractivity contribution in [3.63, 3.8) is 0 Å². The molecule has 1 atom stereocenters. The highest BCUT2D eigenvalue weighted by Crippen LogP contribution is 2.17. The molecule has 4 heteroatoms. The van der Waals surface area contributed by atoms with Crippen LogP contribution in [0.15, 0.2) is 42.6 Å². The zero-order valence-electron chi connectivity index (χ0n) is 11.8. The number of fused-ring (bicyclic) bond motifs is 1. The van der Waals surface area contributed by atoms with Crippen LogP contribution in [0.5, 0.6) is 0 Å². The average molecular weight is 282 g/mol. The monoisotopic (exact) mass is 282 g/mol. The first kappa shape index (κ1) is 13.8. The zero-order chi connectivity index (χ0) is 14.5. The van der Waals surface area contributed by atoms with Crippen molar-refractivity contribution in [3.05, 3.63) is 48.2 Å². The summed E-state index contributed by atoms with van der Waals surface area (Å²) >= 11 is 0. The van der Waals surface area contributed by atoms with Gasteiger partial charge in [-0.2, -0.15) is 0 Å². The van der Waals surface area contributed by atoms with Crippen molar-refractivity contribution in [2.45, 2.75) is 18.9 Å². The Morgan fingerprint density at radius 3 is 3.14 bits per heavy atom. The average Bonchev–Trinajstić information content (AvgIpc) is 3.04. The van der Waals surface area contributed by atoms with Crippen molar-refractivity contribution in [2.24, 2.45) is 0 Å². The molecule has 2 aromatic rings. The van der Waals surface area contributed by atoms with Crippen LogP contribution in [-0.4, -0.2) is 30.1 Å². The van der Waals surface area contributed by atoms with Gasteiger partial charge in [-0.15, -0.1) is 0 Å². The quantitative estimate of drug-likeness (QED) is 0.877. The number of hydrogen-bond acceptors (Lipinski definition) is 3. The number of pyridine rings is 1. The number of benzene rings is 1. The first-order valence-electron chi connectivity index (χ1n) is 7.24. The van der Waals surface area contributed by atoms with Gasteiger partial charge in [0.05, 0.1) is 11.6 Å². The highest BCUT2D eigenvalue weighted by atomic mass is 16.5. The normalized spacial score (nSPS) is 18.4. The summed E-state index contributed by atoms with van der Waals surface area (Å²) in [5.74, 6) is -0.0987. The second kappa shape index (κ2) is 6.50. The molecule has 3 rings (SSSR count). The molecule has 0 radical (unpaired) electrons. The molecule has 1 aliphatic rings. The van der Waals surface area contributed by atoms with E-state index in [1.165, 1.54) is 0 Å². The van der Waals surface area contributed by atoms with Gasteiger partial charge in [0.1, 0.15) is 0 Å². The standard InChI is InChI=1S/C17H18N2O2/c20-16(19-12-15-7-3-11-21-15)9-8-14-5-1-4-13-6-2-10-18-17(13)14/h1-2,4-6,8-10,15H,3,7,11-12H2,(H,19,20)/b9-8+/t15-/m0/s1. The van der Waals surface area contributed by atoms with Crippen molar-refractivity contribution in [1.82, 2.24) is 10.3 Å². The minimum absolute atomic E-state index is 0.0987. The van der Waals surface area contributed by atoms with Crippen molar-refractivity contribution < 1.29 is 9.53 Å². The molecule has 21 heavy (non-hydrogen) atoms. The Hall–Kier alpha value is -2.20. The molecular weight excluding hydrogens is 264 g/mol. The van der Waals surface area contributed by atoms with E-state index in [0.717, 1.165) is 35.9 Å². The highest BCUT2D eigenvalue weighted by Gasteiger charge is 2.15. The van der Waals surface area contributed by atoms with E-state index < -0.39 is 0 Å². The lowest BCUT2D eigenvalue weighted by molar-refractivity contribution is -0.116. The lowest BCUT2D eigenvalue weighted by Crippen LogP contribution is -2.30. The molecule has 1 saturated heterocycles. The number of nitrogens with one attached hydrogen (secondary N) is 1. The molecule has 1 aliphatic heterocycles. The third kappa shape index (κ3) is 3.47. The molecular formula is C17H18N2O2. The summed E-state index contributed by atoms with van der Waals surface area (Å²) < 4.78 is 5.47. The van der Waals surface area contributed by atoms with E-state index in [0.29, 0.717) is 6.54 Å². The summed E-state index contributed by atoms with van der Waals surface area (Å²) in [6.07, 6.45) is 7.40. The topological polar surface area (TPSA) is 51.2 Å². The minimum atomic E-state index is -0.0987. The Morgan fingerprint density at radius 1 is 1.38 bits per heavy atom. The van der Waals surface area contributed by atoms with E-state index in [-0.39, 0.29) is 12.0 Å². The maximum absolute atomic E-state index is 11.8. The van der Waals surface area contributed by atoms with Crippen LogP contribution in [0.3, 0.4) is 0 Å². The molecule has 1 amide bonds. The van der Waals surface area contributed by atoms with Gasteiger partial charge in [-0.3, -0.25) is 9.78 Å². The number of ether oxygens (including phenoxy) is 1. The number of rotatable bonds is 4. The number of amides is 1. The number of nitrogens with zero attached hydrogens (tertiary/aromatic N) is 1. The van der Waals surface area contributed by atoms with Gasteiger partial charge in [0.25, 0.3) is 0 Å². The van der Waals surface area contributed by atoms with Gasteiger partial charge in [-0.05, 0) is 25.0 Å². The lowest BCUT2D eigenvalue weighted by atomic mass is 10.1. The molecule has 0 saturated carbocycles. The molecule has 108 valence electrons. The van der Waals surface area contributed by atoms with Gasteiger partial charge in [0, 0.05) is 36.4 Å². The Kier molecular flexibility index (Phi) is 4.26. The molecule has 1 N–H and O–H groups in total. The Balaban J connectivity index is 1.65. The third-order valence-corrected chi connectivity index (χ3v) is 3.61. The maximum Gasteiger partial charge on any atom is 0.244 e. The number of carbonyl (C=O) groups excluding carboxylic acids is 1. The molecule has 1 fully saturated rings. The van der Waals surface area contributed by atoms with Gasteiger partial charge in [0.2, 0.25) is 5.91 Å². The van der Waals surface area contributed by atoms with Crippen LogP contribution in [0.4, 0.5) is 0 Å². The summed E-state index contributed by atoms with van der Waals surface area (Å²) in [6.45, 7) is 1.38. The van der Waals surface area contributed by atoms with Crippen LogP contribution >= 0.6 is 0 Å². The smallest absolute Gasteiger partial charge is 0.244 e. The predicted octanol–water partition coefficient (Wildman–Crippen LogP) is 2.54. The lowest BCUT2D eigenvalue weighted by Gasteiger charge is -2.08. The summed E-state index contributed by atoms with van der Waals surface area (Å²) in [5, 5.41) is 3.94. The van der Waals surface area contributed by atoms with Crippen LogP contribution in [-0.2, 0) is 9.53 Å². The van der Waals surface area contributed by atoms with Crippen LogP contribution in [0.25, 0.3) is 17.0 Å². The number of carbonyl (C=O) groups is 1. The Morgan fingerprint density at radius 2 is 2.29 bits per heavy atom. The Bertz CT molecular complexity index is 655. The van der Waals surface area contributed by atoms with Gasteiger partial charge in [-0.25, -0.2) is 0 Å². The molecule has 1 aromatic heterocycles. The third-order valence-electron chi connectivity index (χ3n) is 3.61. The van der Waals surface area contributed by atoms with E-state index >= 15 is 0 Å². The van der Waals surface area contributed by atoms with E-state index in [4.69, 9.17) is 4.74 Å². The summed E-state index contributed by atoms with van der Waals surface area (Å²) in [5.41, 5.74) is 1.85. The molecule has 0 aliphatic carbocycles. The fraction of sp³-hybridized carbons (Fsp3) is 0.294.